The van der Waals surface area contributed by atoms with Crippen LogP contribution >= 0.6 is 15.9 Å². The Morgan fingerprint density at radius 1 is 1.03 bits per heavy atom. The fourth-order valence-electron chi connectivity index (χ4n) is 3.92. The van der Waals surface area contributed by atoms with Crippen LogP contribution in [0.4, 0.5) is 10.1 Å². The SMILES string of the molecule is CCCCNC(=O)[C@H](C)N(Cc1cccc(Br)c1)C(=O)CN(c1ccc(F)cc1)S(=O)(=O)c1ccc(C)cc1. The number of nitrogens with zero attached hydrogens (tertiary/aromatic N) is 2. The maximum atomic E-state index is 13.8. The quantitative estimate of drug-likeness (QED) is 0.275. The second-order valence-corrected chi connectivity index (χ2v) is 12.1. The molecule has 39 heavy (non-hydrogen) atoms. The first kappa shape index (κ1) is 30.3. The van der Waals surface area contributed by atoms with E-state index < -0.39 is 34.3 Å². The van der Waals surface area contributed by atoms with Crippen molar-refractivity contribution in [3.63, 3.8) is 0 Å². The predicted molar refractivity (Wildman–Crippen MR) is 154 cm³/mol. The van der Waals surface area contributed by atoms with Crippen LogP contribution in [0.3, 0.4) is 0 Å². The molecule has 7 nitrogen and oxygen atoms in total. The predicted octanol–water partition coefficient (Wildman–Crippen LogP) is 5.43. The molecule has 0 aliphatic heterocycles. The highest BCUT2D eigenvalue weighted by atomic mass is 79.9. The number of nitrogens with one attached hydrogen (secondary N) is 1. The summed E-state index contributed by atoms with van der Waals surface area (Å²) in [5.74, 6) is -1.44. The first-order valence-electron chi connectivity index (χ1n) is 12.7. The first-order valence-corrected chi connectivity index (χ1v) is 14.9. The van der Waals surface area contributed by atoms with E-state index in [0.717, 1.165) is 44.9 Å². The van der Waals surface area contributed by atoms with E-state index in [2.05, 4.69) is 21.2 Å². The molecule has 0 fully saturated rings. The van der Waals surface area contributed by atoms with Gasteiger partial charge in [-0.15, -0.1) is 0 Å². The second-order valence-electron chi connectivity index (χ2n) is 9.27. The summed E-state index contributed by atoms with van der Waals surface area (Å²) in [5.41, 5.74) is 1.77. The van der Waals surface area contributed by atoms with Gasteiger partial charge in [-0.25, -0.2) is 12.8 Å². The monoisotopic (exact) mass is 617 g/mol. The fraction of sp³-hybridized carbons (Fsp3) is 0.310. The number of hydrogen-bond donors (Lipinski definition) is 1. The van der Waals surface area contributed by atoms with Crippen molar-refractivity contribution in [1.29, 1.82) is 0 Å². The zero-order chi connectivity index (χ0) is 28.6. The van der Waals surface area contributed by atoms with Crippen molar-refractivity contribution >= 4 is 43.5 Å². The van der Waals surface area contributed by atoms with Gasteiger partial charge in [-0.1, -0.05) is 59.1 Å². The summed E-state index contributed by atoms with van der Waals surface area (Å²) in [4.78, 5) is 28.2. The molecular weight excluding hydrogens is 585 g/mol. The zero-order valence-corrected chi connectivity index (χ0v) is 24.6. The van der Waals surface area contributed by atoms with Crippen LogP contribution in [0.1, 0.15) is 37.8 Å². The third-order valence-electron chi connectivity index (χ3n) is 6.24. The first-order chi connectivity index (χ1) is 18.5. The average molecular weight is 619 g/mol. The van der Waals surface area contributed by atoms with Crippen molar-refractivity contribution in [3.05, 3.63) is 94.2 Å². The summed E-state index contributed by atoms with van der Waals surface area (Å²) in [7, 11) is -4.20. The Hall–Kier alpha value is -3.24. The molecule has 208 valence electrons. The highest BCUT2D eigenvalue weighted by Crippen LogP contribution is 2.25. The summed E-state index contributed by atoms with van der Waals surface area (Å²) in [6, 6.07) is 17.6. The third kappa shape index (κ3) is 8.12. The number of benzene rings is 3. The third-order valence-corrected chi connectivity index (χ3v) is 8.52. The fourth-order valence-corrected chi connectivity index (χ4v) is 5.79. The Bertz CT molecular complexity index is 1380. The Morgan fingerprint density at radius 3 is 2.31 bits per heavy atom. The standard InChI is InChI=1S/C29H33BrFN3O4S/c1-4-5-17-32-29(36)22(3)33(19-23-7-6-8-24(30)18-23)28(35)20-34(26-13-11-25(31)12-14-26)39(37,38)27-15-9-21(2)10-16-27/h6-16,18,22H,4-5,17,19-20H2,1-3H3,(H,32,36)/t22-/m0/s1. The van der Waals surface area contributed by atoms with Crippen LogP contribution in [-0.4, -0.2) is 44.3 Å². The highest BCUT2D eigenvalue weighted by molar-refractivity contribution is 9.10. The topological polar surface area (TPSA) is 86.8 Å². The maximum Gasteiger partial charge on any atom is 0.264 e. The largest absolute Gasteiger partial charge is 0.354 e. The maximum absolute atomic E-state index is 13.8. The number of carbonyl (C=O) groups is 2. The van der Waals surface area contributed by atoms with Crippen LogP contribution in [0.15, 0.2) is 82.2 Å². The number of amides is 2. The van der Waals surface area contributed by atoms with Crippen LogP contribution in [0.25, 0.3) is 0 Å². The average Bonchev–Trinajstić information content (AvgIpc) is 2.90. The number of rotatable bonds is 12. The van der Waals surface area contributed by atoms with Crippen molar-refractivity contribution in [3.8, 4) is 0 Å². The molecule has 0 saturated heterocycles. The summed E-state index contributed by atoms with van der Waals surface area (Å²) in [6.45, 7) is 5.45. The van der Waals surface area contributed by atoms with Gasteiger partial charge in [-0.05, 0) is 74.4 Å². The lowest BCUT2D eigenvalue weighted by molar-refractivity contribution is -0.139. The number of anilines is 1. The Labute approximate surface area is 238 Å². The van der Waals surface area contributed by atoms with Crippen LogP contribution in [0.5, 0.6) is 0 Å². The summed E-state index contributed by atoms with van der Waals surface area (Å²) in [5, 5.41) is 2.85. The number of unbranched alkanes of at least 4 members (excludes halogenated alkanes) is 1. The molecule has 3 aromatic rings. The van der Waals surface area contributed by atoms with Crippen LogP contribution in [0, 0.1) is 12.7 Å². The van der Waals surface area contributed by atoms with Gasteiger partial charge >= 0.3 is 0 Å². The zero-order valence-electron chi connectivity index (χ0n) is 22.2. The minimum Gasteiger partial charge on any atom is -0.354 e. The lowest BCUT2D eigenvalue weighted by atomic mass is 10.1. The van der Waals surface area contributed by atoms with Crippen LogP contribution < -0.4 is 9.62 Å². The van der Waals surface area contributed by atoms with Crippen molar-refractivity contribution in [1.82, 2.24) is 10.2 Å². The van der Waals surface area contributed by atoms with E-state index in [0.29, 0.717) is 6.54 Å². The van der Waals surface area contributed by atoms with Crippen LogP contribution in [-0.2, 0) is 26.2 Å². The molecule has 0 bridgehead atoms. The molecule has 3 aromatic carbocycles. The lowest BCUT2D eigenvalue weighted by Crippen LogP contribution is -2.51. The molecule has 0 aliphatic rings. The Kier molecular flexibility index (Phi) is 10.7. The molecule has 3 rings (SSSR count). The van der Waals surface area contributed by atoms with E-state index in [1.807, 2.05) is 38.1 Å². The molecule has 2 amide bonds. The van der Waals surface area contributed by atoms with Gasteiger partial charge in [0.2, 0.25) is 11.8 Å². The molecule has 0 aliphatic carbocycles. The Balaban J connectivity index is 1.99. The molecule has 0 radical (unpaired) electrons. The summed E-state index contributed by atoms with van der Waals surface area (Å²) >= 11 is 3.43. The van der Waals surface area contributed by atoms with Crippen molar-refractivity contribution < 1.29 is 22.4 Å². The van der Waals surface area contributed by atoms with E-state index in [1.165, 1.54) is 29.2 Å². The molecule has 1 atom stereocenters. The molecule has 0 aromatic heterocycles. The molecule has 0 spiro atoms. The number of carbonyl (C=O) groups excluding carboxylic acids is 2. The van der Waals surface area contributed by atoms with Crippen LogP contribution in [0.2, 0.25) is 0 Å². The normalized spacial score (nSPS) is 12.0. The highest BCUT2D eigenvalue weighted by Gasteiger charge is 2.32. The van der Waals surface area contributed by atoms with E-state index in [1.54, 1.807) is 19.1 Å². The van der Waals surface area contributed by atoms with Gasteiger partial charge in [0, 0.05) is 17.6 Å². The van der Waals surface area contributed by atoms with Gasteiger partial charge in [-0.2, -0.15) is 0 Å². The number of aryl methyl sites for hydroxylation is 1. The van der Waals surface area contributed by atoms with Gasteiger partial charge in [0.15, 0.2) is 0 Å². The minimum absolute atomic E-state index is 0.00544. The van der Waals surface area contributed by atoms with E-state index in [-0.39, 0.29) is 23.0 Å². The van der Waals surface area contributed by atoms with E-state index >= 15 is 0 Å². The van der Waals surface area contributed by atoms with Crippen molar-refractivity contribution in [2.45, 2.75) is 51.1 Å². The summed E-state index contributed by atoms with van der Waals surface area (Å²) in [6.07, 6.45) is 1.70. The second kappa shape index (κ2) is 13.7. The summed E-state index contributed by atoms with van der Waals surface area (Å²) < 4.78 is 43.0. The van der Waals surface area contributed by atoms with E-state index in [9.17, 15) is 22.4 Å². The number of hydrogen-bond acceptors (Lipinski definition) is 4. The molecular formula is C29H33BrFN3O4S. The van der Waals surface area contributed by atoms with Gasteiger partial charge in [0.05, 0.1) is 10.6 Å². The van der Waals surface area contributed by atoms with Gasteiger partial charge in [0.1, 0.15) is 18.4 Å². The number of sulfonamides is 1. The molecule has 1 N–H and O–H groups in total. The lowest BCUT2D eigenvalue weighted by Gasteiger charge is -2.32. The van der Waals surface area contributed by atoms with Gasteiger partial charge < -0.3 is 10.2 Å². The molecule has 0 heterocycles. The Morgan fingerprint density at radius 2 is 1.69 bits per heavy atom. The molecule has 0 saturated carbocycles. The van der Waals surface area contributed by atoms with Crippen molar-refractivity contribution in [2.24, 2.45) is 0 Å². The van der Waals surface area contributed by atoms with E-state index in [4.69, 9.17) is 0 Å². The smallest absolute Gasteiger partial charge is 0.264 e. The van der Waals surface area contributed by atoms with Crippen molar-refractivity contribution in [2.75, 3.05) is 17.4 Å². The van der Waals surface area contributed by atoms with Gasteiger partial charge in [0.25, 0.3) is 10.0 Å². The molecule has 0 unspecified atom stereocenters. The van der Waals surface area contributed by atoms with Gasteiger partial charge in [-0.3, -0.25) is 13.9 Å². The molecule has 10 heteroatoms. The number of halogens is 2. The minimum atomic E-state index is -4.20.